The number of amides is 4. The fourth-order valence-corrected chi connectivity index (χ4v) is 4.85. The van der Waals surface area contributed by atoms with Crippen LogP contribution < -0.4 is 10.7 Å². The van der Waals surface area contributed by atoms with Gasteiger partial charge in [-0.15, -0.1) is 0 Å². The van der Waals surface area contributed by atoms with E-state index in [0.29, 0.717) is 17.3 Å². The molecule has 0 aromatic heterocycles. The largest absolute Gasteiger partial charge is 0.327 e. The van der Waals surface area contributed by atoms with Gasteiger partial charge in [0.05, 0.1) is 23.3 Å². The summed E-state index contributed by atoms with van der Waals surface area (Å²) in [5.74, 6) is -0.630. The third-order valence-electron chi connectivity index (χ3n) is 6.13. The molecule has 33 heavy (non-hydrogen) atoms. The molecule has 2 N–H and O–H groups in total. The molecule has 174 valence electrons. The van der Waals surface area contributed by atoms with E-state index in [1.807, 2.05) is 62.2 Å². The number of hydrogen-bond acceptors (Lipinski definition) is 5. The number of carbonyl (C=O) groups excluding carboxylic acids is 3. The van der Waals surface area contributed by atoms with Crippen molar-refractivity contribution in [2.45, 2.75) is 45.4 Å². The fraction of sp³-hybridized carbons (Fsp3) is 0.375. The standard InChI is InChI=1S/C24H28ClN5O3/c1-4-30-22-21(16(3)27-30)28(14-20(31)26-19-11-10-15(2)12-18(19)25)24(33)29(23(22)32)13-17-8-6-5-7-9-17/h5-12,16,21-22,27H,4,13-14H2,1-3H3,(H,26,31). The van der Waals surface area contributed by atoms with Crippen molar-refractivity contribution in [3.8, 4) is 0 Å². The van der Waals surface area contributed by atoms with E-state index in [1.54, 1.807) is 12.1 Å². The SMILES string of the molecule is CCN1NC(C)C2C1C(=O)N(Cc1ccccc1)C(=O)N2CC(=O)Nc1ccc(C)cc1Cl. The second-order valence-electron chi connectivity index (χ2n) is 8.49. The van der Waals surface area contributed by atoms with Gasteiger partial charge in [-0.1, -0.05) is 54.9 Å². The monoisotopic (exact) mass is 469 g/mol. The predicted octanol–water partition coefficient (Wildman–Crippen LogP) is 3.02. The molecule has 4 rings (SSSR count). The number of hydrogen-bond donors (Lipinski definition) is 2. The first kappa shape index (κ1) is 23.2. The topological polar surface area (TPSA) is 85.0 Å². The van der Waals surface area contributed by atoms with Crippen LogP contribution in [0.25, 0.3) is 0 Å². The summed E-state index contributed by atoms with van der Waals surface area (Å²) in [5.41, 5.74) is 5.60. The molecule has 2 saturated heterocycles. The Morgan fingerprint density at radius 2 is 1.88 bits per heavy atom. The number of hydrazine groups is 1. The number of benzene rings is 2. The highest BCUT2D eigenvalue weighted by Crippen LogP contribution is 2.30. The van der Waals surface area contributed by atoms with Crippen molar-refractivity contribution in [3.63, 3.8) is 0 Å². The number of likely N-dealkylation sites (N-methyl/N-ethyl adjacent to an activating group) is 1. The molecule has 8 nitrogen and oxygen atoms in total. The number of fused-ring (bicyclic) bond motifs is 1. The van der Waals surface area contributed by atoms with Crippen LogP contribution in [0.5, 0.6) is 0 Å². The third kappa shape index (κ3) is 4.59. The van der Waals surface area contributed by atoms with Crippen LogP contribution in [0, 0.1) is 6.92 Å². The summed E-state index contributed by atoms with van der Waals surface area (Å²) in [4.78, 5) is 42.6. The van der Waals surface area contributed by atoms with Crippen LogP contribution >= 0.6 is 11.6 Å². The zero-order valence-corrected chi connectivity index (χ0v) is 19.7. The molecular weight excluding hydrogens is 442 g/mol. The van der Waals surface area contributed by atoms with Gasteiger partial charge < -0.3 is 10.2 Å². The quantitative estimate of drug-likeness (QED) is 0.679. The molecule has 2 aromatic carbocycles. The molecule has 2 aliphatic heterocycles. The van der Waals surface area contributed by atoms with Crippen LogP contribution in [0.1, 0.15) is 25.0 Å². The van der Waals surface area contributed by atoms with Gasteiger partial charge in [-0.05, 0) is 37.1 Å². The van der Waals surface area contributed by atoms with Gasteiger partial charge in [0.25, 0.3) is 5.91 Å². The minimum atomic E-state index is -0.567. The molecule has 0 spiro atoms. The molecule has 2 heterocycles. The lowest BCUT2D eigenvalue weighted by Crippen LogP contribution is -2.67. The van der Waals surface area contributed by atoms with E-state index in [0.717, 1.165) is 11.1 Å². The predicted molar refractivity (Wildman–Crippen MR) is 126 cm³/mol. The first-order valence-corrected chi connectivity index (χ1v) is 11.4. The summed E-state index contributed by atoms with van der Waals surface area (Å²) < 4.78 is 0. The normalized spacial score (nSPS) is 23.1. The van der Waals surface area contributed by atoms with Crippen molar-refractivity contribution in [2.24, 2.45) is 0 Å². The van der Waals surface area contributed by atoms with Gasteiger partial charge in [-0.25, -0.2) is 15.2 Å². The summed E-state index contributed by atoms with van der Waals surface area (Å²) in [6.07, 6.45) is 0. The second-order valence-corrected chi connectivity index (χ2v) is 8.90. The lowest BCUT2D eigenvalue weighted by molar-refractivity contribution is -0.140. The lowest BCUT2D eigenvalue weighted by atomic mass is 9.97. The van der Waals surface area contributed by atoms with Crippen LogP contribution in [0.4, 0.5) is 10.5 Å². The molecule has 0 saturated carbocycles. The molecule has 9 heteroatoms. The van der Waals surface area contributed by atoms with Crippen LogP contribution in [0.2, 0.25) is 5.02 Å². The van der Waals surface area contributed by atoms with E-state index in [-0.39, 0.29) is 30.9 Å². The van der Waals surface area contributed by atoms with E-state index in [2.05, 4.69) is 10.7 Å². The number of imide groups is 1. The Hall–Kier alpha value is -2.94. The maximum Gasteiger partial charge on any atom is 0.327 e. The Kier molecular flexibility index (Phi) is 6.69. The van der Waals surface area contributed by atoms with E-state index in [1.165, 1.54) is 9.80 Å². The van der Waals surface area contributed by atoms with Crippen molar-refractivity contribution >= 4 is 35.1 Å². The number of rotatable bonds is 6. The van der Waals surface area contributed by atoms with Gasteiger partial charge in [0, 0.05) is 12.6 Å². The minimum Gasteiger partial charge on any atom is -0.323 e. The Balaban J connectivity index is 1.60. The average molecular weight is 470 g/mol. The van der Waals surface area contributed by atoms with Gasteiger partial charge in [0.1, 0.15) is 12.6 Å². The average Bonchev–Trinajstić information content (AvgIpc) is 3.13. The lowest BCUT2D eigenvalue weighted by Gasteiger charge is -2.43. The molecule has 0 bridgehead atoms. The van der Waals surface area contributed by atoms with Crippen molar-refractivity contribution in [2.75, 3.05) is 18.4 Å². The number of halogens is 1. The number of aryl methyl sites for hydroxylation is 1. The fourth-order valence-electron chi connectivity index (χ4n) is 4.57. The molecule has 2 aromatic rings. The summed E-state index contributed by atoms with van der Waals surface area (Å²) in [6, 6.07) is 13.0. The van der Waals surface area contributed by atoms with Gasteiger partial charge in [-0.2, -0.15) is 0 Å². The number of anilines is 1. The third-order valence-corrected chi connectivity index (χ3v) is 6.45. The van der Waals surface area contributed by atoms with E-state index in [4.69, 9.17) is 11.6 Å². The number of urea groups is 1. The van der Waals surface area contributed by atoms with Crippen molar-refractivity contribution < 1.29 is 14.4 Å². The zero-order chi connectivity index (χ0) is 23.7. The Morgan fingerprint density at radius 3 is 2.55 bits per heavy atom. The number of nitrogens with one attached hydrogen (secondary N) is 2. The molecule has 0 aliphatic carbocycles. The maximum atomic E-state index is 13.5. The van der Waals surface area contributed by atoms with Crippen LogP contribution in [0.3, 0.4) is 0 Å². The summed E-state index contributed by atoms with van der Waals surface area (Å²) >= 11 is 6.26. The maximum absolute atomic E-state index is 13.5. The van der Waals surface area contributed by atoms with Crippen molar-refractivity contribution in [1.29, 1.82) is 0 Å². The van der Waals surface area contributed by atoms with Gasteiger partial charge >= 0.3 is 6.03 Å². The molecule has 3 unspecified atom stereocenters. The molecule has 0 radical (unpaired) electrons. The first-order valence-electron chi connectivity index (χ1n) is 11.0. The number of nitrogens with zero attached hydrogens (tertiary/aromatic N) is 3. The number of carbonyl (C=O) groups is 3. The smallest absolute Gasteiger partial charge is 0.323 e. The molecule has 2 aliphatic rings. The summed E-state index contributed by atoms with van der Waals surface area (Å²) in [5, 5.41) is 5.08. The molecule has 3 atom stereocenters. The molecular formula is C24H28ClN5O3. The Labute approximate surface area is 198 Å². The van der Waals surface area contributed by atoms with Crippen molar-refractivity contribution in [1.82, 2.24) is 20.2 Å². The Morgan fingerprint density at radius 1 is 1.15 bits per heavy atom. The first-order chi connectivity index (χ1) is 15.8. The van der Waals surface area contributed by atoms with Gasteiger partial charge in [-0.3, -0.25) is 14.5 Å². The second kappa shape index (κ2) is 9.51. The molecule has 4 amide bonds. The van der Waals surface area contributed by atoms with Crippen LogP contribution in [0.15, 0.2) is 48.5 Å². The highest BCUT2D eigenvalue weighted by Gasteiger charge is 2.54. The zero-order valence-electron chi connectivity index (χ0n) is 18.9. The van der Waals surface area contributed by atoms with Gasteiger partial charge in [0.2, 0.25) is 5.91 Å². The Bertz CT molecular complexity index is 1060. The van der Waals surface area contributed by atoms with Crippen LogP contribution in [-0.4, -0.2) is 63.9 Å². The van der Waals surface area contributed by atoms with Crippen LogP contribution in [-0.2, 0) is 16.1 Å². The van der Waals surface area contributed by atoms with Gasteiger partial charge in [0.15, 0.2) is 0 Å². The highest BCUT2D eigenvalue weighted by atomic mass is 35.5. The minimum absolute atomic E-state index is 0.148. The summed E-state index contributed by atoms with van der Waals surface area (Å²) in [6.45, 7) is 6.33. The van der Waals surface area contributed by atoms with E-state index < -0.39 is 18.1 Å². The molecule has 2 fully saturated rings. The highest BCUT2D eigenvalue weighted by molar-refractivity contribution is 6.33. The van der Waals surface area contributed by atoms with Crippen molar-refractivity contribution in [3.05, 3.63) is 64.7 Å². The summed E-state index contributed by atoms with van der Waals surface area (Å²) in [7, 11) is 0. The van der Waals surface area contributed by atoms with E-state index >= 15 is 0 Å². The van der Waals surface area contributed by atoms with E-state index in [9.17, 15) is 14.4 Å².